The average molecular weight is 747 g/mol. The summed E-state index contributed by atoms with van der Waals surface area (Å²) in [7, 11) is -6.55. The SMILES string of the molecule is CCCCCCCCCCCCCCCCCC([Si](OCCCC)(OCCCC)OCCCC)[Si](OCCCC)(OCCCC)OCCCC. The molecule has 0 saturated heterocycles. The Kier molecular flexibility index (Phi) is 37.7. The van der Waals surface area contributed by atoms with E-state index in [2.05, 4.69) is 48.5 Å². The highest BCUT2D eigenvalue weighted by Gasteiger charge is 2.65. The second-order valence-corrected chi connectivity index (χ2v) is 20.8. The van der Waals surface area contributed by atoms with Gasteiger partial charge in [0.1, 0.15) is 0 Å². The molecule has 0 bridgehead atoms. The molecule has 0 unspecified atom stereocenters. The summed E-state index contributed by atoms with van der Waals surface area (Å²) >= 11 is 0. The molecule has 0 aliphatic rings. The van der Waals surface area contributed by atoms with Crippen LogP contribution in [0.3, 0.4) is 0 Å². The van der Waals surface area contributed by atoms with Crippen LogP contribution in [0.15, 0.2) is 0 Å². The third-order valence-electron chi connectivity index (χ3n) is 9.76. The third-order valence-corrected chi connectivity index (χ3v) is 17.8. The maximum absolute atomic E-state index is 7.01. The van der Waals surface area contributed by atoms with Gasteiger partial charge in [0.25, 0.3) is 0 Å². The fraction of sp³-hybridized carbons (Fsp3) is 1.00. The first-order chi connectivity index (χ1) is 24.6. The summed E-state index contributed by atoms with van der Waals surface area (Å²) < 4.78 is 42.1. The first kappa shape index (κ1) is 50.2. The Bertz CT molecular complexity index is 579. The topological polar surface area (TPSA) is 55.4 Å². The molecule has 0 amide bonds. The fourth-order valence-corrected chi connectivity index (χ4v) is 14.9. The Hall–Kier alpha value is 0.194. The van der Waals surface area contributed by atoms with Crippen molar-refractivity contribution in [3.05, 3.63) is 0 Å². The predicted octanol–water partition coefficient (Wildman–Crippen LogP) is 13.9. The molecule has 0 aromatic rings. The molecule has 0 spiro atoms. The summed E-state index contributed by atoms with van der Waals surface area (Å²) in [6.45, 7) is 19.6. The van der Waals surface area contributed by atoms with Crippen LogP contribution in [0, 0.1) is 0 Å². The zero-order valence-corrected chi connectivity index (χ0v) is 37.1. The monoisotopic (exact) mass is 747 g/mol. The first-order valence-corrected chi connectivity index (χ1v) is 26.0. The summed E-state index contributed by atoms with van der Waals surface area (Å²) in [5.41, 5.74) is 0. The molecule has 0 radical (unpaired) electrons. The van der Waals surface area contributed by atoms with Gasteiger partial charge in [-0.05, 0) is 44.9 Å². The van der Waals surface area contributed by atoms with Crippen molar-refractivity contribution >= 4 is 17.6 Å². The van der Waals surface area contributed by atoms with Crippen molar-refractivity contribution in [3.8, 4) is 0 Å². The molecule has 0 N–H and O–H groups in total. The highest BCUT2D eigenvalue weighted by atomic mass is 28.5. The van der Waals surface area contributed by atoms with E-state index < -0.39 is 17.6 Å². The van der Waals surface area contributed by atoms with Gasteiger partial charge >= 0.3 is 17.6 Å². The van der Waals surface area contributed by atoms with Gasteiger partial charge in [0.05, 0.1) is 5.16 Å². The summed E-state index contributed by atoms with van der Waals surface area (Å²) in [5.74, 6) is 0. The van der Waals surface area contributed by atoms with Gasteiger partial charge in [-0.15, -0.1) is 0 Å². The molecule has 50 heavy (non-hydrogen) atoms. The molecule has 0 saturated carbocycles. The van der Waals surface area contributed by atoms with E-state index in [1.54, 1.807) is 0 Å². The number of rotatable bonds is 42. The minimum absolute atomic E-state index is 0.104. The maximum Gasteiger partial charge on any atom is 0.508 e. The van der Waals surface area contributed by atoms with Gasteiger partial charge in [0.15, 0.2) is 0 Å². The van der Waals surface area contributed by atoms with Crippen LogP contribution in [0.1, 0.15) is 228 Å². The van der Waals surface area contributed by atoms with Crippen LogP contribution < -0.4 is 0 Å². The van der Waals surface area contributed by atoms with Crippen molar-refractivity contribution in [2.45, 2.75) is 233 Å². The number of hydrogen-bond donors (Lipinski definition) is 0. The molecule has 302 valence electrons. The van der Waals surface area contributed by atoms with Crippen molar-refractivity contribution in [3.63, 3.8) is 0 Å². The van der Waals surface area contributed by atoms with Gasteiger partial charge in [0, 0.05) is 39.6 Å². The van der Waals surface area contributed by atoms with Crippen LogP contribution >= 0.6 is 0 Å². The lowest BCUT2D eigenvalue weighted by Crippen LogP contribution is -2.64. The third kappa shape index (κ3) is 25.3. The van der Waals surface area contributed by atoms with Gasteiger partial charge in [-0.3, -0.25) is 0 Å². The normalized spacial score (nSPS) is 12.5. The smallest absolute Gasteiger partial charge is 0.373 e. The molecule has 8 heteroatoms. The van der Waals surface area contributed by atoms with Crippen molar-refractivity contribution in [2.24, 2.45) is 0 Å². The lowest BCUT2D eigenvalue weighted by molar-refractivity contribution is 0.0179. The molecule has 0 rings (SSSR count). The first-order valence-electron chi connectivity index (χ1n) is 22.4. The Balaban J connectivity index is 5.98. The maximum atomic E-state index is 7.01. The Labute approximate surface area is 316 Å². The van der Waals surface area contributed by atoms with Crippen LogP contribution in [-0.2, 0) is 26.6 Å². The molecule has 0 heterocycles. The molecule has 0 atom stereocenters. The molecule has 0 aromatic carbocycles. The van der Waals surface area contributed by atoms with E-state index in [1.807, 2.05) is 0 Å². The standard InChI is InChI=1S/C42H90O6Si2/c1-8-15-22-23-24-25-26-27-28-29-30-31-32-33-34-35-42(49(43-36-16-9-2,44-37-17-10-3)45-38-18-11-4)50(46-39-19-12-5,47-40-20-13-6)48-41-21-14-7/h42H,8-41H2,1-7H3. The van der Waals surface area contributed by atoms with Crippen LogP contribution in [0.5, 0.6) is 0 Å². The Morgan fingerprint density at radius 1 is 0.260 bits per heavy atom. The predicted molar refractivity (Wildman–Crippen MR) is 220 cm³/mol. The van der Waals surface area contributed by atoms with Gasteiger partial charge in [-0.25, -0.2) is 0 Å². The number of unbranched alkanes of at least 4 members (excludes halogenated alkanes) is 20. The van der Waals surface area contributed by atoms with E-state index in [1.165, 1.54) is 89.9 Å². The van der Waals surface area contributed by atoms with Crippen molar-refractivity contribution in [1.29, 1.82) is 0 Å². The zero-order valence-electron chi connectivity index (χ0n) is 35.1. The molecule has 6 nitrogen and oxygen atoms in total. The van der Waals surface area contributed by atoms with Gasteiger partial charge in [0.2, 0.25) is 0 Å². The lowest BCUT2D eigenvalue weighted by atomic mass is 10.0. The molecule has 0 aliphatic carbocycles. The van der Waals surface area contributed by atoms with E-state index in [0.29, 0.717) is 39.6 Å². The average Bonchev–Trinajstić information content (AvgIpc) is 3.12. The van der Waals surface area contributed by atoms with E-state index in [-0.39, 0.29) is 5.16 Å². The second kappa shape index (κ2) is 37.5. The summed E-state index contributed by atoms with van der Waals surface area (Å²) in [4.78, 5) is 0. The quantitative estimate of drug-likeness (QED) is 0.0458. The molecule has 0 fully saturated rings. The summed E-state index contributed by atoms with van der Waals surface area (Å²) in [6.07, 6.45) is 33.7. The highest BCUT2D eigenvalue weighted by Crippen LogP contribution is 2.42. The van der Waals surface area contributed by atoms with Crippen LogP contribution in [0.4, 0.5) is 0 Å². The van der Waals surface area contributed by atoms with Crippen molar-refractivity contribution in [2.75, 3.05) is 39.6 Å². The molecule has 0 aliphatic heterocycles. The van der Waals surface area contributed by atoms with Crippen LogP contribution in [-0.4, -0.2) is 57.3 Å². The minimum atomic E-state index is -3.27. The summed E-state index contributed by atoms with van der Waals surface area (Å²) in [5, 5.41) is -0.104. The Morgan fingerprint density at radius 3 is 0.680 bits per heavy atom. The van der Waals surface area contributed by atoms with Gasteiger partial charge in [-0.1, -0.05) is 183 Å². The van der Waals surface area contributed by atoms with E-state index in [9.17, 15) is 0 Å². The van der Waals surface area contributed by atoms with Crippen LogP contribution in [0.25, 0.3) is 0 Å². The van der Waals surface area contributed by atoms with E-state index in [4.69, 9.17) is 26.6 Å². The van der Waals surface area contributed by atoms with Gasteiger partial charge in [-0.2, -0.15) is 0 Å². The summed E-state index contributed by atoms with van der Waals surface area (Å²) in [6, 6.07) is 0. The van der Waals surface area contributed by atoms with E-state index >= 15 is 0 Å². The molecule has 0 aromatic heterocycles. The molecular weight excluding hydrogens is 657 g/mol. The zero-order chi connectivity index (χ0) is 36.9. The lowest BCUT2D eigenvalue weighted by Gasteiger charge is -2.43. The van der Waals surface area contributed by atoms with E-state index in [0.717, 1.165) is 89.9 Å². The van der Waals surface area contributed by atoms with Gasteiger partial charge < -0.3 is 26.6 Å². The second-order valence-electron chi connectivity index (χ2n) is 14.7. The minimum Gasteiger partial charge on any atom is -0.373 e. The van der Waals surface area contributed by atoms with Crippen molar-refractivity contribution < 1.29 is 26.6 Å². The Morgan fingerprint density at radius 2 is 0.460 bits per heavy atom. The molecular formula is C42H90O6Si2. The largest absolute Gasteiger partial charge is 0.508 e. The fourth-order valence-electron chi connectivity index (χ4n) is 6.30. The van der Waals surface area contributed by atoms with Crippen molar-refractivity contribution in [1.82, 2.24) is 0 Å². The number of hydrogen-bond acceptors (Lipinski definition) is 6. The van der Waals surface area contributed by atoms with Crippen LogP contribution in [0.2, 0.25) is 5.16 Å². The highest BCUT2D eigenvalue weighted by molar-refractivity contribution is 6.82.